The van der Waals surface area contributed by atoms with Crippen molar-refractivity contribution >= 4 is 24.0 Å². The van der Waals surface area contributed by atoms with E-state index >= 15 is 0 Å². The minimum atomic E-state index is -1.39. The van der Waals surface area contributed by atoms with Gasteiger partial charge < -0.3 is 17.0 Å². The molecule has 0 bridgehead atoms. The quantitative estimate of drug-likeness (QED) is 0.412. The third-order valence-electron chi connectivity index (χ3n) is 3.36. The second-order valence-electron chi connectivity index (χ2n) is 4.39. The zero-order valence-electron chi connectivity index (χ0n) is 8.14. The molecule has 1 unspecified atom stereocenters. The summed E-state index contributed by atoms with van der Waals surface area (Å²) in [6.07, 6.45) is 2.34. The molecule has 3 rings (SSSR count). The van der Waals surface area contributed by atoms with Gasteiger partial charge in [0.2, 0.25) is 0 Å². The lowest BCUT2D eigenvalue weighted by atomic mass is 10.1. The smallest absolute Gasteiger partial charge is 0.181 e. The zero-order valence-corrected chi connectivity index (χ0v) is 9.85. The summed E-state index contributed by atoms with van der Waals surface area (Å²) in [4.78, 5) is 0. The summed E-state index contributed by atoms with van der Waals surface area (Å²) in [5.74, 6) is 0.382. The second-order valence-corrected chi connectivity index (χ2v) is 9.37. The summed E-state index contributed by atoms with van der Waals surface area (Å²) in [5, 5.41) is 1.36. The predicted octanol–water partition coefficient (Wildman–Crippen LogP) is 2.31. The van der Waals surface area contributed by atoms with Gasteiger partial charge in [0.15, 0.2) is 5.85 Å². The van der Waals surface area contributed by atoms with Crippen molar-refractivity contribution in [3.63, 3.8) is 0 Å². The Balaban J connectivity index is 1.99. The third kappa shape index (κ3) is 1.11. The van der Waals surface area contributed by atoms with Gasteiger partial charge in [-0.25, -0.2) is 0 Å². The van der Waals surface area contributed by atoms with Gasteiger partial charge in [-0.3, -0.25) is 0 Å². The minimum Gasteiger partial charge on any atom is -0.548 e. The van der Waals surface area contributed by atoms with Gasteiger partial charge in [-0.05, 0) is 25.5 Å². The first-order valence-electron chi connectivity index (χ1n) is 4.97. The lowest BCUT2D eigenvalue weighted by molar-refractivity contribution is 0.309. The van der Waals surface area contributed by atoms with Gasteiger partial charge in [0.25, 0.3) is 0 Å². The molecule has 1 nitrogen and oxygen atoms in total. The van der Waals surface area contributed by atoms with Crippen molar-refractivity contribution in [1.82, 2.24) is 0 Å². The Morgan fingerprint density at radius 3 is 2.64 bits per heavy atom. The number of hydrogen-bond acceptors (Lipinski definition) is 2. The highest BCUT2D eigenvalue weighted by molar-refractivity contribution is 8.45. The average molecular weight is 224 g/mol. The molecule has 0 saturated carbocycles. The Kier molecular flexibility index (Phi) is 1.81. The van der Waals surface area contributed by atoms with Gasteiger partial charge in [0.1, 0.15) is 5.60 Å². The van der Waals surface area contributed by atoms with Gasteiger partial charge in [-0.15, -0.1) is 0 Å². The van der Waals surface area contributed by atoms with E-state index < -0.39 is 6.46 Å². The van der Waals surface area contributed by atoms with Crippen LogP contribution in [0.15, 0.2) is 30.3 Å². The first-order chi connectivity index (χ1) is 6.65. The lowest BCUT2D eigenvalue weighted by Gasteiger charge is -2.28. The van der Waals surface area contributed by atoms with Crippen LogP contribution in [0.3, 0.4) is 0 Å². The van der Waals surface area contributed by atoms with Crippen LogP contribution in [0.25, 0.3) is 0 Å². The highest BCUT2D eigenvalue weighted by atomic mass is 32.7. The molecule has 2 aliphatic rings. The fraction of sp³-hybridized carbons (Fsp3) is 0.455. The molecule has 14 heavy (non-hydrogen) atoms. The fourth-order valence-electron chi connectivity index (χ4n) is 2.38. The highest BCUT2D eigenvalue weighted by Gasteiger charge is 2.69. The Bertz CT molecular complexity index is 369. The van der Waals surface area contributed by atoms with Crippen molar-refractivity contribution < 1.29 is 4.74 Å². The van der Waals surface area contributed by atoms with E-state index in [1.807, 2.05) is 6.07 Å². The molecule has 3 heteroatoms. The number of hydrogen-bond donors (Lipinski definition) is 0. The number of epoxide rings is 1. The summed E-state index contributed by atoms with van der Waals surface area (Å²) < 4.78 is 5.76. The molecule has 1 aromatic rings. The van der Waals surface area contributed by atoms with Gasteiger partial charge in [-0.1, -0.05) is 18.2 Å². The number of ether oxygens (including phenoxy) is 1. The van der Waals surface area contributed by atoms with E-state index in [1.165, 1.54) is 11.5 Å². The molecule has 2 aliphatic heterocycles. The predicted molar refractivity (Wildman–Crippen MR) is 63.1 cm³/mol. The van der Waals surface area contributed by atoms with Crippen LogP contribution in [0.1, 0.15) is 13.3 Å². The monoisotopic (exact) mass is 224 g/mol. The molecule has 0 amide bonds. The van der Waals surface area contributed by atoms with Crippen molar-refractivity contribution in [2.24, 2.45) is 0 Å². The molecule has 0 radical (unpaired) electrons. The third-order valence-corrected chi connectivity index (χ3v) is 8.58. The Morgan fingerprint density at radius 2 is 2.14 bits per heavy atom. The van der Waals surface area contributed by atoms with Crippen LogP contribution < -0.4 is 5.30 Å². The van der Waals surface area contributed by atoms with Crippen molar-refractivity contribution in [3.8, 4) is 0 Å². The summed E-state index contributed by atoms with van der Waals surface area (Å²) in [6, 6.07) is 10.6. The van der Waals surface area contributed by atoms with E-state index in [4.69, 9.17) is 17.0 Å². The van der Waals surface area contributed by atoms with Crippen LogP contribution in [0.2, 0.25) is 0 Å². The van der Waals surface area contributed by atoms with Crippen LogP contribution in [-0.4, -0.2) is 17.6 Å². The van der Waals surface area contributed by atoms with Crippen LogP contribution in [0.4, 0.5) is 0 Å². The highest BCUT2D eigenvalue weighted by Crippen LogP contribution is 2.77. The van der Waals surface area contributed by atoms with Crippen LogP contribution in [0.5, 0.6) is 0 Å². The molecular formula is C11H13OPS. The molecule has 2 heterocycles. The topological polar surface area (TPSA) is 12.5 Å². The molecule has 2 fully saturated rings. The molecule has 74 valence electrons. The second kappa shape index (κ2) is 2.75. The Hall–Kier alpha value is -0.0400. The largest absolute Gasteiger partial charge is 0.548 e. The van der Waals surface area contributed by atoms with Crippen molar-refractivity contribution in [2.45, 2.75) is 24.8 Å². The standard InChI is InChI=1S/C11H13OPS/c1-11-7-8-13(14,10(11)12-11)9-5-3-2-4-6-9/h2-6,10H,7-8H2,1H3/t10-,11+,13?/m0/s1. The molecule has 0 spiro atoms. The number of benzene rings is 1. The number of rotatable bonds is 1. The average Bonchev–Trinajstić information content (AvgIpc) is 2.84. The maximum absolute atomic E-state index is 5.86. The molecule has 1 aromatic carbocycles. The van der Waals surface area contributed by atoms with E-state index in [1.54, 1.807) is 0 Å². The van der Waals surface area contributed by atoms with Gasteiger partial charge in [-0.2, -0.15) is 0 Å². The van der Waals surface area contributed by atoms with Crippen molar-refractivity contribution in [2.75, 3.05) is 6.16 Å². The van der Waals surface area contributed by atoms with Crippen LogP contribution >= 0.6 is 6.46 Å². The van der Waals surface area contributed by atoms with Gasteiger partial charge >= 0.3 is 0 Å². The summed E-state index contributed by atoms with van der Waals surface area (Å²) in [5.41, 5.74) is 0.144. The summed E-state index contributed by atoms with van der Waals surface area (Å²) in [6.45, 7) is 0.809. The molecule has 2 saturated heterocycles. The van der Waals surface area contributed by atoms with E-state index in [9.17, 15) is 0 Å². The molecular weight excluding hydrogens is 211 g/mol. The van der Waals surface area contributed by atoms with Gasteiger partial charge in [0.05, 0.1) is 11.5 Å². The molecule has 3 atom stereocenters. The Labute approximate surface area is 90.3 Å². The van der Waals surface area contributed by atoms with E-state index in [2.05, 4.69) is 31.2 Å². The Morgan fingerprint density at radius 1 is 1.43 bits per heavy atom. The molecule has 0 aromatic heterocycles. The SMILES string of the molecule is C[C@@]12CC[P+]([S-])(c3ccccc3)[C@@H]1O2. The maximum atomic E-state index is 5.86. The number of fused-ring (bicyclic) bond motifs is 1. The van der Waals surface area contributed by atoms with Crippen molar-refractivity contribution in [1.29, 1.82) is 0 Å². The summed E-state index contributed by atoms with van der Waals surface area (Å²) in [7, 11) is 0. The first-order valence-corrected chi connectivity index (χ1v) is 8.03. The van der Waals surface area contributed by atoms with Crippen LogP contribution in [-0.2, 0) is 17.0 Å². The van der Waals surface area contributed by atoms with Crippen molar-refractivity contribution in [3.05, 3.63) is 30.3 Å². The van der Waals surface area contributed by atoms with Gasteiger partial charge in [0, 0.05) is 6.42 Å². The van der Waals surface area contributed by atoms with E-state index in [-0.39, 0.29) is 5.60 Å². The van der Waals surface area contributed by atoms with E-state index in [0.29, 0.717) is 5.85 Å². The molecule has 0 N–H and O–H groups in total. The summed E-state index contributed by atoms with van der Waals surface area (Å²) >= 11 is 5.86. The normalized spacial score (nSPS) is 44.9. The minimum absolute atomic E-state index is 0.144. The first kappa shape index (κ1) is 9.21. The lowest BCUT2D eigenvalue weighted by Crippen LogP contribution is -2.13. The zero-order chi connectivity index (χ0) is 9.81. The van der Waals surface area contributed by atoms with E-state index in [0.717, 1.165) is 6.42 Å². The fourth-order valence-corrected chi connectivity index (χ4v) is 7.46. The maximum Gasteiger partial charge on any atom is 0.181 e. The molecule has 0 aliphatic carbocycles. The van der Waals surface area contributed by atoms with Crippen LogP contribution in [0, 0.1) is 0 Å².